The topological polar surface area (TPSA) is 20.2 Å². The molecule has 0 fully saturated rings. The van der Waals surface area contributed by atoms with Gasteiger partial charge < -0.3 is 5.11 Å². The van der Waals surface area contributed by atoms with E-state index in [1.807, 2.05) is 0 Å². The zero-order chi connectivity index (χ0) is 11.5. The van der Waals surface area contributed by atoms with Crippen LogP contribution in [-0.2, 0) is 0 Å². The molecule has 1 aromatic rings. The van der Waals surface area contributed by atoms with Crippen molar-refractivity contribution in [1.82, 2.24) is 0 Å². The largest absolute Gasteiger partial charge is 0.457 e. The molecule has 0 radical (unpaired) electrons. The molecule has 5 heteroatoms. The molecule has 15 heavy (non-hydrogen) atoms. The predicted octanol–water partition coefficient (Wildman–Crippen LogP) is 2.42. The number of rotatable bonds is 1. The van der Waals surface area contributed by atoms with Gasteiger partial charge in [-0.25, -0.2) is 4.39 Å². The summed E-state index contributed by atoms with van der Waals surface area (Å²) in [7, 11) is 0. The second-order valence-electron chi connectivity index (χ2n) is 2.72. The molecule has 1 aromatic carbocycles. The lowest BCUT2D eigenvalue weighted by Gasteiger charge is -2.03. The summed E-state index contributed by atoms with van der Waals surface area (Å²) >= 11 is 0. The minimum absolute atomic E-state index is 0.119. The van der Waals surface area contributed by atoms with Crippen molar-refractivity contribution >= 4 is 0 Å². The van der Waals surface area contributed by atoms with Crippen LogP contribution < -0.4 is 0 Å². The Bertz CT molecular complexity index is 383. The number of aliphatic hydroxyl groups excluding tert-OH is 1. The zero-order valence-corrected chi connectivity index (χ0v) is 7.35. The Labute approximate surface area is 83.3 Å². The van der Waals surface area contributed by atoms with E-state index in [2.05, 4.69) is 0 Å². The van der Waals surface area contributed by atoms with E-state index in [1.54, 1.807) is 5.92 Å². The molecule has 1 rings (SSSR count). The lowest BCUT2D eigenvalue weighted by molar-refractivity contribution is -0.0700. The lowest BCUT2D eigenvalue weighted by atomic mass is 10.1. The van der Waals surface area contributed by atoms with Crippen LogP contribution in [0.25, 0.3) is 0 Å². The average molecular weight is 218 g/mol. The van der Waals surface area contributed by atoms with Crippen molar-refractivity contribution in [3.63, 3.8) is 0 Å². The van der Waals surface area contributed by atoms with E-state index in [4.69, 9.17) is 0 Å². The minimum atomic E-state index is -4.64. The van der Waals surface area contributed by atoms with Gasteiger partial charge in [0.25, 0.3) is 0 Å². The third-order valence-corrected chi connectivity index (χ3v) is 1.54. The van der Waals surface area contributed by atoms with E-state index < -0.39 is 18.1 Å². The minimum Gasteiger partial charge on any atom is -0.376 e. The summed E-state index contributed by atoms with van der Waals surface area (Å²) in [5, 5.41) is 9.18. The van der Waals surface area contributed by atoms with E-state index in [-0.39, 0.29) is 5.56 Å². The molecule has 0 saturated heterocycles. The van der Waals surface area contributed by atoms with E-state index >= 15 is 0 Å². The SMILES string of the molecule is OC(C#CC(F)(F)F)c1ccc(F)cc1. The Morgan fingerprint density at radius 2 is 1.67 bits per heavy atom. The van der Waals surface area contributed by atoms with Crippen LogP contribution in [0.4, 0.5) is 17.6 Å². The molecule has 1 nitrogen and oxygen atoms in total. The van der Waals surface area contributed by atoms with Gasteiger partial charge in [-0.3, -0.25) is 0 Å². The molecule has 1 N–H and O–H groups in total. The van der Waals surface area contributed by atoms with E-state index in [9.17, 15) is 22.7 Å². The Kier molecular flexibility index (Phi) is 3.32. The van der Waals surface area contributed by atoms with Crippen LogP contribution in [0, 0.1) is 17.7 Å². The number of hydrogen-bond acceptors (Lipinski definition) is 1. The van der Waals surface area contributed by atoms with Crippen molar-refractivity contribution in [2.75, 3.05) is 0 Å². The molecule has 0 aliphatic heterocycles. The van der Waals surface area contributed by atoms with Crippen molar-refractivity contribution < 1.29 is 22.7 Å². The molecular weight excluding hydrogens is 212 g/mol. The molecule has 0 aliphatic rings. The first-order valence-electron chi connectivity index (χ1n) is 3.91. The van der Waals surface area contributed by atoms with Crippen LogP contribution in [0.3, 0.4) is 0 Å². The molecule has 1 atom stereocenters. The van der Waals surface area contributed by atoms with E-state index in [0.717, 1.165) is 18.1 Å². The summed E-state index contributed by atoms with van der Waals surface area (Å²) in [5.41, 5.74) is 0.119. The Hall–Kier alpha value is -1.54. The predicted molar refractivity (Wildman–Crippen MR) is 45.2 cm³/mol. The van der Waals surface area contributed by atoms with Gasteiger partial charge in [0, 0.05) is 5.92 Å². The highest BCUT2D eigenvalue weighted by molar-refractivity contribution is 5.26. The molecule has 80 valence electrons. The highest BCUT2D eigenvalue weighted by atomic mass is 19.4. The van der Waals surface area contributed by atoms with Gasteiger partial charge in [-0.05, 0) is 17.7 Å². The van der Waals surface area contributed by atoms with Gasteiger partial charge in [0.2, 0.25) is 0 Å². The fourth-order valence-corrected chi connectivity index (χ4v) is 0.879. The summed E-state index contributed by atoms with van der Waals surface area (Å²) in [6, 6.07) is 4.41. The molecule has 0 aliphatic carbocycles. The van der Waals surface area contributed by atoms with Crippen molar-refractivity contribution in [2.24, 2.45) is 0 Å². The van der Waals surface area contributed by atoms with Crippen molar-refractivity contribution in [3.8, 4) is 11.8 Å². The third-order valence-electron chi connectivity index (χ3n) is 1.54. The normalized spacial score (nSPS) is 12.9. The standard InChI is InChI=1S/C10H6F4O/c11-8-3-1-7(2-4-8)9(15)5-6-10(12,13)14/h1-4,9,15H. The Balaban J connectivity index is 2.80. The quantitative estimate of drug-likeness (QED) is 0.567. The maximum absolute atomic E-state index is 12.4. The highest BCUT2D eigenvalue weighted by Crippen LogP contribution is 2.16. The number of aliphatic hydroxyl groups is 1. The molecule has 0 heterocycles. The zero-order valence-electron chi connectivity index (χ0n) is 7.35. The van der Waals surface area contributed by atoms with Crippen LogP contribution in [0.15, 0.2) is 24.3 Å². The molecule has 0 amide bonds. The summed E-state index contributed by atoms with van der Waals surface area (Å²) in [4.78, 5) is 0. The number of benzene rings is 1. The summed E-state index contributed by atoms with van der Waals surface area (Å²) in [6.07, 6.45) is -6.20. The summed E-state index contributed by atoms with van der Waals surface area (Å²) < 4.78 is 47.4. The molecule has 0 bridgehead atoms. The van der Waals surface area contributed by atoms with E-state index in [0.29, 0.717) is 0 Å². The second kappa shape index (κ2) is 4.32. The van der Waals surface area contributed by atoms with Gasteiger partial charge in [0.15, 0.2) is 0 Å². The highest BCUT2D eigenvalue weighted by Gasteiger charge is 2.23. The molecule has 0 aromatic heterocycles. The van der Waals surface area contributed by atoms with Gasteiger partial charge >= 0.3 is 6.18 Å². The number of alkyl halides is 3. The van der Waals surface area contributed by atoms with Gasteiger partial charge in [-0.1, -0.05) is 18.1 Å². The molecule has 0 saturated carbocycles. The molecular formula is C10H6F4O. The fraction of sp³-hybridized carbons (Fsp3) is 0.200. The Morgan fingerprint density at radius 1 is 1.13 bits per heavy atom. The van der Waals surface area contributed by atoms with Crippen molar-refractivity contribution in [1.29, 1.82) is 0 Å². The van der Waals surface area contributed by atoms with Crippen molar-refractivity contribution in [3.05, 3.63) is 35.6 Å². The monoisotopic (exact) mass is 218 g/mol. The van der Waals surface area contributed by atoms with Gasteiger partial charge in [-0.15, -0.1) is 0 Å². The van der Waals surface area contributed by atoms with Crippen LogP contribution in [0.1, 0.15) is 11.7 Å². The van der Waals surface area contributed by atoms with Gasteiger partial charge in [-0.2, -0.15) is 13.2 Å². The van der Waals surface area contributed by atoms with Crippen LogP contribution in [-0.4, -0.2) is 11.3 Å². The maximum Gasteiger partial charge on any atom is 0.457 e. The third kappa shape index (κ3) is 4.00. The number of hydrogen-bond donors (Lipinski definition) is 1. The first kappa shape index (κ1) is 11.5. The molecule has 1 unspecified atom stereocenters. The lowest BCUT2D eigenvalue weighted by Crippen LogP contribution is -2.03. The van der Waals surface area contributed by atoms with Crippen LogP contribution in [0.5, 0.6) is 0 Å². The van der Waals surface area contributed by atoms with Crippen LogP contribution >= 0.6 is 0 Å². The van der Waals surface area contributed by atoms with E-state index in [1.165, 1.54) is 12.1 Å². The van der Waals surface area contributed by atoms with Gasteiger partial charge in [0.1, 0.15) is 11.9 Å². The Morgan fingerprint density at radius 3 is 2.13 bits per heavy atom. The number of halogens is 4. The van der Waals surface area contributed by atoms with Crippen molar-refractivity contribution in [2.45, 2.75) is 12.3 Å². The molecule has 0 spiro atoms. The maximum atomic E-state index is 12.4. The fourth-order valence-electron chi connectivity index (χ4n) is 0.879. The smallest absolute Gasteiger partial charge is 0.376 e. The second-order valence-corrected chi connectivity index (χ2v) is 2.72. The van der Waals surface area contributed by atoms with Gasteiger partial charge in [0.05, 0.1) is 0 Å². The summed E-state index contributed by atoms with van der Waals surface area (Å²) in [5.74, 6) is 2.02. The first-order valence-corrected chi connectivity index (χ1v) is 3.91. The summed E-state index contributed by atoms with van der Waals surface area (Å²) in [6.45, 7) is 0. The van der Waals surface area contributed by atoms with Crippen LogP contribution in [0.2, 0.25) is 0 Å². The first-order chi connectivity index (χ1) is 6.88. The average Bonchev–Trinajstić information content (AvgIpc) is 2.14.